The van der Waals surface area contributed by atoms with E-state index >= 15 is 0 Å². The lowest BCUT2D eigenvalue weighted by Gasteiger charge is -2.36. The van der Waals surface area contributed by atoms with Crippen LogP contribution >= 0.6 is 11.6 Å². The van der Waals surface area contributed by atoms with Crippen LogP contribution in [0.1, 0.15) is 37.9 Å². The molecule has 2 fully saturated rings. The van der Waals surface area contributed by atoms with Crippen LogP contribution in [0.4, 0.5) is 5.82 Å². The van der Waals surface area contributed by atoms with Gasteiger partial charge in [0.05, 0.1) is 19.3 Å². The van der Waals surface area contributed by atoms with E-state index in [-0.39, 0.29) is 0 Å². The third-order valence-corrected chi connectivity index (χ3v) is 3.83. The molecule has 1 unspecified atom stereocenters. The molecule has 0 spiro atoms. The van der Waals surface area contributed by atoms with Gasteiger partial charge in [-0.15, -0.1) is 0 Å². The Labute approximate surface area is 112 Å². The molecule has 0 amide bonds. The van der Waals surface area contributed by atoms with Crippen LogP contribution in [-0.2, 0) is 4.74 Å². The van der Waals surface area contributed by atoms with Crippen LogP contribution in [0, 0.1) is 0 Å². The van der Waals surface area contributed by atoms with Crippen molar-refractivity contribution in [3.05, 3.63) is 17.0 Å². The van der Waals surface area contributed by atoms with Crippen LogP contribution in [0.3, 0.4) is 0 Å². The van der Waals surface area contributed by atoms with Gasteiger partial charge in [-0.05, 0) is 19.3 Å². The first-order chi connectivity index (χ1) is 8.78. The van der Waals surface area contributed by atoms with Crippen molar-refractivity contribution in [1.29, 1.82) is 0 Å². The molecule has 98 valence electrons. The van der Waals surface area contributed by atoms with E-state index < -0.39 is 0 Å². The summed E-state index contributed by atoms with van der Waals surface area (Å²) in [6.45, 7) is 4.60. The van der Waals surface area contributed by atoms with Crippen molar-refractivity contribution in [2.24, 2.45) is 0 Å². The fourth-order valence-electron chi connectivity index (χ4n) is 2.39. The summed E-state index contributed by atoms with van der Waals surface area (Å²) < 4.78 is 5.53. The molecular weight excluding hydrogens is 250 g/mol. The van der Waals surface area contributed by atoms with Crippen molar-refractivity contribution in [3.8, 4) is 0 Å². The molecule has 2 aliphatic rings. The summed E-state index contributed by atoms with van der Waals surface area (Å²) in [6, 6.07) is 2.28. The van der Waals surface area contributed by atoms with E-state index in [4.69, 9.17) is 21.3 Å². The number of rotatable bonds is 3. The van der Waals surface area contributed by atoms with Crippen molar-refractivity contribution in [3.63, 3.8) is 0 Å². The van der Waals surface area contributed by atoms with Crippen LogP contribution in [0.5, 0.6) is 0 Å². The number of halogens is 1. The van der Waals surface area contributed by atoms with E-state index in [0.29, 0.717) is 17.1 Å². The molecule has 1 saturated carbocycles. The molecule has 0 aromatic carbocycles. The number of aromatic nitrogens is 2. The second-order valence-electron chi connectivity index (χ2n) is 5.01. The maximum absolute atomic E-state index is 6.12. The average Bonchev–Trinajstić information content (AvgIpc) is 3.22. The summed E-state index contributed by atoms with van der Waals surface area (Å²) >= 11 is 6.12. The second-order valence-corrected chi connectivity index (χ2v) is 5.40. The zero-order chi connectivity index (χ0) is 12.5. The largest absolute Gasteiger partial charge is 0.377 e. The Bertz CT molecular complexity index is 436. The van der Waals surface area contributed by atoms with Crippen LogP contribution in [0.15, 0.2) is 6.07 Å². The maximum atomic E-state index is 6.12. The molecule has 4 nitrogen and oxygen atoms in total. The highest BCUT2D eigenvalue weighted by atomic mass is 35.5. The molecule has 0 radical (unpaired) electrons. The minimum atomic E-state index is 0.400. The van der Waals surface area contributed by atoms with Gasteiger partial charge < -0.3 is 9.64 Å². The van der Waals surface area contributed by atoms with Crippen LogP contribution in [0.25, 0.3) is 0 Å². The summed E-state index contributed by atoms with van der Waals surface area (Å²) in [7, 11) is 0. The number of hydrogen-bond donors (Lipinski definition) is 0. The minimum absolute atomic E-state index is 0.400. The monoisotopic (exact) mass is 267 g/mol. The summed E-state index contributed by atoms with van der Waals surface area (Å²) in [6.07, 6.45) is 3.45. The van der Waals surface area contributed by atoms with Crippen molar-refractivity contribution < 1.29 is 4.74 Å². The molecule has 2 heterocycles. The normalized spacial score (nSPS) is 24.3. The summed E-state index contributed by atoms with van der Waals surface area (Å²) in [5.74, 6) is 2.41. The van der Waals surface area contributed by atoms with E-state index in [1.165, 1.54) is 12.8 Å². The molecule has 1 aromatic heterocycles. The van der Waals surface area contributed by atoms with Crippen LogP contribution in [0.2, 0.25) is 5.15 Å². The standard InChI is InChI=1S/C13H18ClN3O/c1-2-10-8-18-6-5-17(10)12-7-11(14)15-13(16-12)9-3-4-9/h7,9-10H,2-6,8H2,1H3. The first-order valence-electron chi connectivity index (χ1n) is 6.66. The Morgan fingerprint density at radius 2 is 2.28 bits per heavy atom. The van der Waals surface area contributed by atoms with Crippen LogP contribution < -0.4 is 4.90 Å². The smallest absolute Gasteiger partial charge is 0.135 e. The van der Waals surface area contributed by atoms with Gasteiger partial charge in [0, 0.05) is 18.5 Å². The SMILES string of the molecule is CCC1COCCN1c1cc(Cl)nc(C2CC2)n1. The molecule has 18 heavy (non-hydrogen) atoms. The van der Waals surface area contributed by atoms with Gasteiger partial charge in [-0.1, -0.05) is 18.5 Å². The Kier molecular flexibility index (Phi) is 3.39. The lowest BCUT2D eigenvalue weighted by atomic mass is 10.2. The zero-order valence-electron chi connectivity index (χ0n) is 10.6. The number of anilines is 1. The first-order valence-corrected chi connectivity index (χ1v) is 7.04. The molecule has 1 saturated heterocycles. The predicted molar refractivity (Wildman–Crippen MR) is 71.3 cm³/mol. The van der Waals surface area contributed by atoms with Gasteiger partial charge in [0.1, 0.15) is 16.8 Å². The fourth-order valence-corrected chi connectivity index (χ4v) is 2.57. The average molecular weight is 268 g/mol. The van der Waals surface area contributed by atoms with Crippen molar-refractivity contribution in [2.45, 2.75) is 38.1 Å². The third-order valence-electron chi connectivity index (χ3n) is 3.63. The molecule has 1 aromatic rings. The van der Waals surface area contributed by atoms with Crippen LogP contribution in [-0.4, -0.2) is 35.8 Å². The summed E-state index contributed by atoms with van der Waals surface area (Å²) in [5.41, 5.74) is 0. The van der Waals surface area contributed by atoms with Gasteiger partial charge in [-0.2, -0.15) is 0 Å². The highest BCUT2D eigenvalue weighted by Gasteiger charge is 2.29. The molecule has 0 bridgehead atoms. The Balaban J connectivity index is 1.89. The topological polar surface area (TPSA) is 38.2 Å². The molecular formula is C13H18ClN3O. The van der Waals surface area contributed by atoms with Gasteiger partial charge >= 0.3 is 0 Å². The number of hydrogen-bond acceptors (Lipinski definition) is 4. The Morgan fingerprint density at radius 1 is 1.44 bits per heavy atom. The Morgan fingerprint density at radius 3 is 3.00 bits per heavy atom. The van der Waals surface area contributed by atoms with Gasteiger partial charge in [-0.25, -0.2) is 9.97 Å². The maximum Gasteiger partial charge on any atom is 0.135 e. The summed E-state index contributed by atoms with van der Waals surface area (Å²) in [4.78, 5) is 11.3. The quantitative estimate of drug-likeness (QED) is 0.789. The molecule has 1 aliphatic heterocycles. The fraction of sp³-hybridized carbons (Fsp3) is 0.692. The molecule has 3 rings (SSSR count). The van der Waals surface area contributed by atoms with Crippen molar-refractivity contribution in [1.82, 2.24) is 9.97 Å². The highest BCUT2D eigenvalue weighted by Crippen LogP contribution is 2.39. The van der Waals surface area contributed by atoms with Gasteiger partial charge in [0.25, 0.3) is 0 Å². The molecule has 0 N–H and O–H groups in total. The molecule has 1 aliphatic carbocycles. The van der Waals surface area contributed by atoms with E-state index in [9.17, 15) is 0 Å². The lowest BCUT2D eigenvalue weighted by molar-refractivity contribution is 0.0925. The lowest BCUT2D eigenvalue weighted by Crippen LogP contribution is -2.45. The van der Waals surface area contributed by atoms with E-state index in [0.717, 1.165) is 37.8 Å². The van der Waals surface area contributed by atoms with Gasteiger partial charge in [0.2, 0.25) is 0 Å². The number of morpholine rings is 1. The number of nitrogens with zero attached hydrogens (tertiary/aromatic N) is 3. The Hall–Kier alpha value is -0.870. The predicted octanol–water partition coefficient (Wildman–Crippen LogP) is 2.62. The molecule has 5 heteroatoms. The molecule has 1 atom stereocenters. The second kappa shape index (κ2) is 5.02. The van der Waals surface area contributed by atoms with Crippen molar-refractivity contribution in [2.75, 3.05) is 24.7 Å². The number of ether oxygens (including phenoxy) is 1. The van der Waals surface area contributed by atoms with E-state index in [2.05, 4.69) is 16.8 Å². The highest BCUT2D eigenvalue weighted by molar-refractivity contribution is 6.29. The third kappa shape index (κ3) is 2.45. The summed E-state index contributed by atoms with van der Waals surface area (Å²) in [5, 5.41) is 0.559. The minimum Gasteiger partial charge on any atom is -0.377 e. The zero-order valence-corrected chi connectivity index (χ0v) is 11.4. The van der Waals surface area contributed by atoms with E-state index in [1.807, 2.05) is 6.07 Å². The van der Waals surface area contributed by atoms with Gasteiger partial charge in [-0.3, -0.25) is 0 Å². The van der Waals surface area contributed by atoms with Gasteiger partial charge in [0.15, 0.2) is 0 Å². The first kappa shape index (κ1) is 12.2. The van der Waals surface area contributed by atoms with Crippen molar-refractivity contribution >= 4 is 17.4 Å². The van der Waals surface area contributed by atoms with E-state index in [1.54, 1.807) is 0 Å².